The van der Waals surface area contributed by atoms with Gasteiger partial charge in [0.2, 0.25) is 5.91 Å². The summed E-state index contributed by atoms with van der Waals surface area (Å²) >= 11 is 0. The SMILES string of the molecule is COc1cccc(OCC2CCN(C)CC2)c1-c1cccc2c(C[C@H](NC(=O)C3(C(F)(F)F)CCN(CC(C)(F)F)CC3)C(=O)O)cccc12. The summed E-state index contributed by atoms with van der Waals surface area (Å²) in [6.45, 7) is 1.72. The van der Waals surface area contributed by atoms with Gasteiger partial charge in [-0.3, -0.25) is 9.69 Å². The second-order valence-electron chi connectivity index (χ2n) is 13.7. The highest BCUT2D eigenvalue weighted by Crippen LogP contribution is 2.47. The van der Waals surface area contributed by atoms with Crippen LogP contribution in [0.5, 0.6) is 11.5 Å². The fourth-order valence-corrected chi connectivity index (χ4v) is 7.12. The fourth-order valence-electron chi connectivity index (χ4n) is 7.12. The number of hydrogen-bond acceptors (Lipinski definition) is 6. The van der Waals surface area contributed by atoms with Crippen LogP contribution in [0.3, 0.4) is 0 Å². The van der Waals surface area contributed by atoms with E-state index in [2.05, 4.69) is 17.3 Å². The molecule has 50 heavy (non-hydrogen) atoms. The molecule has 3 aromatic rings. The van der Waals surface area contributed by atoms with Crippen molar-refractivity contribution >= 4 is 22.6 Å². The second-order valence-corrected chi connectivity index (χ2v) is 13.7. The molecule has 0 saturated carbocycles. The van der Waals surface area contributed by atoms with Gasteiger partial charge in [0.25, 0.3) is 5.92 Å². The summed E-state index contributed by atoms with van der Waals surface area (Å²) in [5.74, 6) is -4.48. The minimum atomic E-state index is -5.02. The van der Waals surface area contributed by atoms with Crippen molar-refractivity contribution in [2.75, 3.05) is 53.5 Å². The Morgan fingerprint density at radius 3 is 2.18 bits per heavy atom. The van der Waals surface area contributed by atoms with Crippen molar-refractivity contribution in [3.63, 3.8) is 0 Å². The number of halogens is 5. The van der Waals surface area contributed by atoms with Crippen LogP contribution in [0.15, 0.2) is 54.6 Å². The van der Waals surface area contributed by atoms with Gasteiger partial charge in [0.15, 0.2) is 0 Å². The molecule has 1 atom stereocenters. The Labute approximate surface area is 288 Å². The van der Waals surface area contributed by atoms with E-state index in [1.165, 1.54) is 4.90 Å². The number of carbonyl (C=O) groups excluding carboxylic acids is 1. The lowest BCUT2D eigenvalue weighted by molar-refractivity contribution is -0.234. The number of carboxylic acid groups (broad SMARTS) is 1. The topological polar surface area (TPSA) is 91.3 Å². The van der Waals surface area contributed by atoms with Gasteiger partial charge in [-0.25, -0.2) is 13.6 Å². The van der Waals surface area contributed by atoms with Crippen molar-refractivity contribution in [3.05, 3.63) is 60.2 Å². The largest absolute Gasteiger partial charge is 0.496 e. The number of nitrogens with zero attached hydrogens (tertiary/aromatic N) is 2. The number of rotatable bonds is 12. The molecule has 2 N–H and O–H groups in total. The van der Waals surface area contributed by atoms with Crippen LogP contribution >= 0.6 is 0 Å². The van der Waals surface area contributed by atoms with Crippen molar-refractivity contribution < 1.29 is 46.1 Å². The molecule has 13 heteroatoms. The van der Waals surface area contributed by atoms with E-state index in [0.29, 0.717) is 47.5 Å². The lowest BCUT2D eigenvalue weighted by atomic mass is 9.76. The Balaban J connectivity index is 1.41. The van der Waals surface area contributed by atoms with Crippen LogP contribution < -0.4 is 14.8 Å². The maximum Gasteiger partial charge on any atom is 0.403 e. The number of alkyl halides is 5. The maximum atomic E-state index is 14.5. The molecule has 2 heterocycles. The van der Waals surface area contributed by atoms with E-state index < -0.39 is 54.8 Å². The fraction of sp³-hybridized carbons (Fsp3) is 0.514. The van der Waals surface area contributed by atoms with Crippen LogP contribution in [0.1, 0.15) is 38.2 Å². The van der Waals surface area contributed by atoms with Gasteiger partial charge in [-0.1, -0.05) is 42.5 Å². The summed E-state index contributed by atoms with van der Waals surface area (Å²) in [7, 11) is 3.66. The Morgan fingerprint density at radius 1 is 0.940 bits per heavy atom. The smallest absolute Gasteiger partial charge is 0.403 e. The minimum Gasteiger partial charge on any atom is -0.496 e. The van der Waals surface area contributed by atoms with E-state index in [1.54, 1.807) is 31.4 Å². The highest BCUT2D eigenvalue weighted by Gasteiger charge is 2.61. The number of aliphatic carboxylic acids is 1. The first-order valence-electron chi connectivity index (χ1n) is 16.8. The lowest BCUT2D eigenvalue weighted by Gasteiger charge is -2.42. The number of fused-ring (bicyclic) bond motifs is 1. The molecule has 1 amide bonds. The van der Waals surface area contributed by atoms with E-state index in [4.69, 9.17) is 9.47 Å². The zero-order valence-corrected chi connectivity index (χ0v) is 28.5. The second kappa shape index (κ2) is 15.1. The van der Waals surface area contributed by atoms with Gasteiger partial charge in [0, 0.05) is 13.3 Å². The number of nitrogens with one attached hydrogen (secondary N) is 1. The van der Waals surface area contributed by atoms with Crippen molar-refractivity contribution in [2.24, 2.45) is 11.3 Å². The third kappa shape index (κ3) is 8.31. The molecule has 0 spiro atoms. The van der Waals surface area contributed by atoms with Gasteiger partial charge in [-0.15, -0.1) is 0 Å². The summed E-state index contributed by atoms with van der Waals surface area (Å²) in [6.07, 6.45) is -4.79. The van der Waals surface area contributed by atoms with Gasteiger partial charge in [0.05, 0.1) is 25.8 Å². The van der Waals surface area contributed by atoms with E-state index in [0.717, 1.165) is 36.9 Å². The lowest BCUT2D eigenvalue weighted by Crippen LogP contribution is -2.59. The van der Waals surface area contributed by atoms with E-state index in [1.807, 2.05) is 30.3 Å². The number of piperidine rings is 2. The average Bonchev–Trinajstić information content (AvgIpc) is 3.06. The molecule has 0 unspecified atom stereocenters. The highest BCUT2D eigenvalue weighted by atomic mass is 19.4. The van der Waals surface area contributed by atoms with Gasteiger partial charge >= 0.3 is 12.1 Å². The van der Waals surface area contributed by atoms with Crippen LogP contribution in [0.25, 0.3) is 21.9 Å². The first-order chi connectivity index (χ1) is 23.6. The van der Waals surface area contributed by atoms with Gasteiger partial charge in [0.1, 0.15) is 23.0 Å². The molecule has 3 aromatic carbocycles. The number of hydrogen-bond donors (Lipinski definition) is 2. The summed E-state index contributed by atoms with van der Waals surface area (Å²) in [4.78, 5) is 29.3. The molecule has 2 aliphatic rings. The van der Waals surface area contributed by atoms with Crippen LogP contribution in [0.2, 0.25) is 0 Å². The molecule has 2 fully saturated rings. The van der Waals surface area contributed by atoms with Gasteiger partial charge in [-0.2, -0.15) is 13.2 Å². The number of amides is 1. The zero-order chi connectivity index (χ0) is 36.3. The maximum absolute atomic E-state index is 14.5. The number of ether oxygens (including phenoxy) is 2. The van der Waals surface area contributed by atoms with E-state index in [-0.39, 0.29) is 19.5 Å². The number of carboxylic acids is 1. The zero-order valence-electron chi connectivity index (χ0n) is 28.5. The Kier molecular flexibility index (Phi) is 11.3. The molecule has 0 radical (unpaired) electrons. The first-order valence-corrected chi connectivity index (χ1v) is 16.8. The molecular weight excluding hydrogens is 661 g/mol. The minimum absolute atomic E-state index is 0.296. The molecule has 2 saturated heterocycles. The molecular formula is C37H44F5N3O5. The summed E-state index contributed by atoms with van der Waals surface area (Å²) < 4.78 is 82.7. The Morgan fingerprint density at radius 2 is 1.56 bits per heavy atom. The summed E-state index contributed by atoms with van der Waals surface area (Å²) in [5.41, 5.74) is -0.925. The predicted octanol–water partition coefficient (Wildman–Crippen LogP) is 6.65. The van der Waals surface area contributed by atoms with Crippen molar-refractivity contribution in [2.45, 2.75) is 57.2 Å². The highest BCUT2D eigenvalue weighted by molar-refractivity contribution is 6.01. The molecule has 2 aliphatic heterocycles. The average molecular weight is 706 g/mol. The number of likely N-dealkylation sites (tertiary alicyclic amines) is 2. The molecule has 8 nitrogen and oxygen atoms in total. The normalized spacial score (nSPS) is 18.5. The monoisotopic (exact) mass is 705 g/mol. The number of carbonyl (C=O) groups is 2. The third-order valence-corrected chi connectivity index (χ3v) is 10.0. The number of benzene rings is 3. The van der Waals surface area contributed by atoms with Crippen LogP contribution in [0.4, 0.5) is 22.0 Å². The van der Waals surface area contributed by atoms with Crippen LogP contribution in [-0.4, -0.2) is 98.4 Å². The molecule has 0 aromatic heterocycles. The number of methoxy groups -OCH3 is 1. The van der Waals surface area contributed by atoms with E-state index in [9.17, 15) is 36.6 Å². The van der Waals surface area contributed by atoms with Crippen LogP contribution in [-0.2, 0) is 16.0 Å². The van der Waals surface area contributed by atoms with Gasteiger partial charge in [-0.05, 0) is 98.9 Å². The predicted molar refractivity (Wildman–Crippen MR) is 180 cm³/mol. The Hall–Kier alpha value is -3.97. The quantitative estimate of drug-likeness (QED) is 0.204. The van der Waals surface area contributed by atoms with Crippen molar-refractivity contribution in [1.29, 1.82) is 0 Å². The summed E-state index contributed by atoms with van der Waals surface area (Å²) in [5, 5.41) is 13.7. The standard InChI is InChI=1S/C37H44F5N3O5/c1-35(38,39)23-45-19-15-36(16-20-45,37(40,41)42)34(48)43-29(33(46)47)21-25-7-4-9-27-26(25)8-5-10-28(27)32-30(49-3)11-6-12-31(32)50-22-24-13-17-44(2)18-14-24/h4-12,24,29H,13-23H2,1-3H3,(H,43,48)(H,46,47)/t29-/m0/s1. The Bertz CT molecular complexity index is 1660. The molecule has 0 bridgehead atoms. The van der Waals surface area contributed by atoms with E-state index >= 15 is 0 Å². The molecule has 0 aliphatic carbocycles. The van der Waals surface area contributed by atoms with Gasteiger partial charge < -0.3 is 24.8 Å². The summed E-state index contributed by atoms with van der Waals surface area (Å²) in [6, 6.07) is 14.6. The van der Waals surface area contributed by atoms with Crippen molar-refractivity contribution in [3.8, 4) is 22.6 Å². The van der Waals surface area contributed by atoms with Crippen molar-refractivity contribution in [1.82, 2.24) is 15.1 Å². The third-order valence-electron chi connectivity index (χ3n) is 10.0. The molecule has 272 valence electrons. The first kappa shape index (κ1) is 37.3. The van der Waals surface area contributed by atoms with Crippen LogP contribution in [0, 0.1) is 11.3 Å². The molecule has 5 rings (SSSR count).